The average molecular weight is 272 g/mol. The van der Waals surface area contributed by atoms with Crippen LogP contribution in [-0.4, -0.2) is 11.1 Å². The minimum atomic E-state index is -0.880. The van der Waals surface area contributed by atoms with Crippen molar-refractivity contribution in [2.75, 3.05) is 0 Å². The van der Waals surface area contributed by atoms with E-state index in [0.29, 0.717) is 5.56 Å². The highest BCUT2D eigenvalue weighted by Crippen LogP contribution is 2.34. The van der Waals surface area contributed by atoms with Crippen LogP contribution in [0.2, 0.25) is 0 Å². The van der Waals surface area contributed by atoms with Gasteiger partial charge in [0.1, 0.15) is 0 Å². The lowest BCUT2D eigenvalue weighted by Gasteiger charge is -2.10. The lowest BCUT2D eigenvalue weighted by Crippen LogP contribution is -2.00. The first-order chi connectivity index (χ1) is 8.99. The smallest absolute Gasteiger partial charge is 0.336 e. The summed E-state index contributed by atoms with van der Waals surface area (Å²) in [5.74, 6) is -0.880. The Bertz CT molecular complexity index is 633. The van der Waals surface area contributed by atoms with Gasteiger partial charge >= 0.3 is 5.97 Å². The number of benzene rings is 2. The Kier molecular flexibility index (Phi) is 3.96. The van der Waals surface area contributed by atoms with Crippen LogP contribution in [0, 0.1) is 20.8 Å². The van der Waals surface area contributed by atoms with Gasteiger partial charge in [-0.2, -0.15) is 0 Å². The lowest BCUT2D eigenvalue weighted by molar-refractivity contribution is 0.0693. The molecule has 0 saturated carbocycles. The second kappa shape index (κ2) is 5.49. The van der Waals surface area contributed by atoms with Crippen molar-refractivity contribution >= 4 is 17.7 Å². The number of carboxylic acids is 1. The fraction of sp³-hybridized carbons (Fsp3) is 0.188. The van der Waals surface area contributed by atoms with Gasteiger partial charge in [0.2, 0.25) is 0 Å². The molecule has 0 aliphatic heterocycles. The zero-order valence-electron chi connectivity index (χ0n) is 11.2. The summed E-state index contributed by atoms with van der Waals surface area (Å²) in [6, 6.07) is 11.6. The molecule has 1 N–H and O–H groups in total. The second-order valence-corrected chi connectivity index (χ2v) is 5.69. The van der Waals surface area contributed by atoms with E-state index in [-0.39, 0.29) is 0 Å². The highest BCUT2D eigenvalue weighted by Gasteiger charge is 2.13. The van der Waals surface area contributed by atoms with E-state index in [1.54, 1.807) is 12.1 Å². The highest BCUT2D eigenvalue weighted by atomic mass is 32.2. The predicted molar refractivity (Wildman–Crippen MR) is 78.2 cm³/mol. The van der Waals surface area contributed by atoms with Gasteiger partial charge in [-0.25, -0.2) is 4.79 Å². The molecule has 0 amide bonds. The summed E-state index contributed by atoms with van der Waals surface area (Å²) in [4.78, 5) is 13.2. The molecule has 0 fully saturated rings. The van der Waals surface area contributed by atoms with E-state index in [1.807, 2.05) is 19.1 Å². The first kappa shape index (κ1) is 13.7. The standard InChI is InChI=1S/C16H16O2S/c1-10-7-8-13(9-12(10)3)19-15-11(2)5-4-6-14(15)16(17)18/h4-9H,1-3H3,(H,17,18). The SMILES string of the molecule is Cc1ccc(Sc2c(C)cccc2C(=O)O)cc1C. The Morgan fingerprint density at radius 2 is 1.74 bits per heavy atom. The zero-order chi connectivity index (χ0) is 14.0. The van der Waals surface area contributed by atoms with Crippen molar-refractivity contribution in [3.05, 3.63) is 58.7 Å². The van der Waals surface area contributed by atoms with E-state index >= 15 is 0 Å². The molecule has 0 saturated heterocycles. The van der Waals surface area contributed by atoms with Crippen LogP contribution in [0.4, 0.5) is 0 Å². The molecule has 0 spiro atoms. The summed E-state index contributed by atoms with van der Waals surface area (Å²) < 4.78 is 0. The Morgan fingerprint density at radius 3 is 2.37 bits per heavy atom. The third kappa shape index (κ3) is 2.99. The summed E-state index contributed by atoms with van der Waals surface area (Å²) >= 11 is 1.51. The predicted octanol–water partition coefficient (Wildman–Crippen LogP) is 4.46. The van der Waals surface area contributed by atoms with Gasteiger partial charge in [-0.3, -0.25) is 0 Å². The first-order valence-electron chi connectivity index (χ1n) is 6.07. The monoisotopic (exact) mass is 272 g/mol. The van der Waals surface area contributed by atoms with Crippen LogP contribution >= 0.6 is 11.8 Å². The molecular weight excluding hydrogens is 256 g/mol. The average Bonchev–Trinajstić information content (AvgIpc) is 2.36. The van der Waals surface area contributed by atoms with Crippen molar-refractivity contribution in [1.29, 1.82) is 0 Å². The van der Waals surface area contributed by atoms with Gasteiger partial charge < -0.3 is 5.11 Å². The molecule has 0 heterocycles. The van der Waals surface area contributed by atoms with Crippen molar-refractivity contribution in [2.24, 2.45) is 0 Å². The van der Waals surface area contributed by atoms with E-state index < -0.39 is 5.97 Å². The zero-order valence-corrected chi connectivity index (χ0v) is 12.0. The maximum Gasteiger partial charge on any atom is 0.336 e. The number of carboxylic acid groups (broad SMARTS) is 1. The largest absolute Gasteiger partial charge is 0.478 e. The van der Waals surface area contributed by atoms with E-state index in [4.69, 9.17) is 0 Å². The van der Waals surface area contributed by atoms with Crippen LogP contribution < -0.4 is 0 Å². The van der Waals surface area contributed by atoms with Crippen molar-refractivity contribution < 1.29 is 9.90 Å². The van der Waals surface area contributed by atoms with Gasteiger partial charge in [0.05, 0.1) is 5.56 Å². The molecule has 0 aliphatic carbocycles. The third-order valence-electron chi connectivity index (χ3n) is 3.14. The van der Waals surface area contributed by atoms with Crippen LogP contribution in [0.3, 0.4) is 0 Å². The summed E-state index contributed by atoms with van der Waals surface area (Å²) in [5, 5.41) is 9.25. The molecule has 0 unspecified atom stereocenters. The van der Waals surface area contributed by atoms with Crippen LogP contribution in [0.1, 0.15) is 27.0 Å². The first-order valence-corrected chi connectivity index (χ1v) is 6.88. The van der Waals surface area contributed by atoms with Crippen LogP contribution in [0.25, 0.3) is 0 Å². The molecule has 98 valence electrons. The van der Waals surface area contributed by atoms with Crippen molar-refractivity contribution in [3.8, 4) is 0 Å². The van der Waals surface area contributed by atoms with Crippen molar-refractivity contribution in [2.45, 2.75) is 30.6 Å². The van der Waals surface area contributed by atoms with E-state index in [0.717, 1.165) is 15.4 Å². The summed E-state index contributed by atoms with van der Waals surface area (Å²) in [6.07, 6.45) is 0. The Hall–Kier alpha value is -1.74. The minimum Gasteiger partial charge on any atom is -0.478 e. The maximum absolute atomic E-state index is 11.3. The molecule has 2 rings (SSSR count). The van der Waals surface area contributed by atoms with Crippen LogP contribution in [-0.2, 0) is 0 Å². The van der Waals surface area contributed by atoms with Gasteiger partial charge in [-0.1, -0.05) is 30.0 Å². The number of aromatic carboxylic acids is 1. The topological polar surface area (TPSA) is 37.3 Å². The number of hydrogen-bond acceptors (Lipinski definition) is 2. The molecule has 2 aromatic carbocycles. The summed E-state index contributed by atoms with van der Waals surface area (Å²) in [7, 11) is 0. The molecule has 0 aliphatic rings. The number of carbonyl (C=O) groups is 1. The van der Waals surface area contributed by atoms with Crippen molar-refractivity contribution in [1.82, 2.24) is 0 Å². The quantitative estimate of drug-likeness (QED) is 0.896. The molecule has 2 aromatic rings. The van der Waals surface area contributed by atoms with Crippen molar-refractivity contribution in [3.63, 3.8) is 0 Å². The number of hydrogen-bond donors (Lipinski definition) is 1. The highest BCUT2D eigenvalue weighted by molar-refractivity contribution is 7.99. The normalized spacial score (nSPS) is 10.5. The Morgan fingerprint density at radius 1 is 1.00 bits per heavy atom. The summed E-state index contributed by atoms with van der Waals surface area (Å²) in [5.41, 5.74) is 3.81. The fourth-order valence-corrected chi connectivity index (χ4v) is 2.95. The lowest BCUT2D eigenvalue weighted by atomic mass is 10.1. The molecule has 0 atom stereocenters. The molecule has 19 heavy (non-hydrogen) atoms. The number of rotatable bonds is 3. The van der Waals surface area contributed by atoms with Crippen LogP contribution in [0.5, 0.6) is 0 Å². The van der Waals surface area contributed by atoms with Gasteiger partial charge in [-0.05, 0) is 55.7 Å². The van der Waals surface area contributed by atoms with Gasteiger partial charge in [0.25, 0.3) is 0 Å². The number of aryl methyl sites for hydroxylation is 3. The van der Waals surface area contributed by atoms with Gasteiger partial charge in [0, 0.05) is 9.79 Å². The Labute approximate surface area is 117 Å². The Balaban J connectivity index is 2.42. The molecule has 0 radical (unpaired) electrons. The molecule has 0 aromatic heterocycles. The third-order valence-corrected chi connectivity index (χ3v) is 4.38. The molecule has 2 nitrogen and oxygen atoms in total. The second-order valence-electron chi connectivity index (χ2n) is 4.60. The molecule has 0 bridgehead atoms. The van der Waals surface area contributed by atoms with Gasteiger partial charge in [-0.15, -0.1) is 0 Å². The van der Waals surface area contributed by atoms with Gasteiger partial charge in [0.15, 0.2) is 0 Å². The molecule has 3 heteroatoms. The van der Waals surface area contributed by atoms with E-state index in [1.165, 1.54) is 22.9 Å². The molecular formula is C16H16O2S. The minimum absolute atomic E-state index is 0.364. The fourth-order valence-electron chi connectivity index (χ4n) is 1.85. The van der Waals surface area contributed by atoms with E-state index in [9.17, 15) is 9.90 Å². The van der Waals surface area contributed by atoms with Crippen LogP contribution in [0.15, 0.2) is 46.2 Å². The van der Waals surface area contributed by atoms with E-state index in [2.05, 4.69) is 26.0 Å². The maximum atomic E-state index is 11.3. The summed E-state index contributed by atoms with van der Waals surface area (Å²) in [6.45, 7) is 6.07.